The van der Waals surface area contributed by atoms with Crippen LogP contribution >= 0.6 is 11.8 Å². The number of rotatable bonds is 6. The fraction of sp³-hybridized carbons (Fsp3) is 0.412. The molecule has 0 spiro atoms. The van der Waals surface area contributed by atoms with Crippen molar-refractivity contribution < 1.29 is 14.7 Å². The topological polar surface area (TPSA) is 54.4 Å². The van der Waals surface area contributed by atoms with Gasteiger partial charge in [0.05, 0.1) is 10.3 Å². The standard InChI is InChI=1S/C17H20O3S/c1-17(12-18,21-15-5-3-2-4-6-15)11-13-7-9-14(10-8-13)16(19)20/h3,5,7-10,12,15H,2,4,6,11H2,1H3,(H,19,20). The van der Waals surface area contributed by atoms with E-state index in [1.54, 1.807) is 36.0 Å². The highest BCUT2D eigenvalue weighted by molar-refractivity contribution is 8.02. The van der Waals surface area contributed by atoms with Crippen molar-refractivity contribution in [3.8, 4) is 0 Å². The number of carbonyl (C=O) groups is 2. The molecule has 1 aromatic rings. The lowest BCUT2D eigenvalue weighted by molar-refractivity contribution is -0.109. The molecule has 0 bridgehead atoms. The van der Waals surface area contributed by atoms with Gasteiger partial charge in [0.15, 0.2) is 0 Å². The summed E-state index contributed by atoms with van der Waals surface area (Å²) < 4.78 is -0.475. The number of thioether (sulfide) groups is 1. The second-order valence-corrected chi connectivity index (χ2v) is 7.40. The largest absolute Gasteiger partial charge is 0.478 e. The smallest absolute Gasteiger partial charge is 0.335 e. The average Bonchev–Trinajstić information content (AvgIpc) is 2.48. The van der Waals surface area contributed by atoms with E-state index >= 15 is 0 Å². The Bertz CT molecular complexity index is 535. The third kappa shape index (κ3) is 4.46. The van der Waals surface area contributed by atoms with Crippen LogP contribution in [0.3, 0.4) is 0 Å². The summed E-state index contributed by atoms with van der Waals surface area (Å²) in [5, 5.41) is 9.30. The number of hydrogen-bond donors (Lipinski definition) is 1. The maximum absolute atomic E-state index is 11.5. The molecule has 2 unspecified atom stereocenters. The Hall–Kier alpha value is -1.55. The molecule has 1 N–H and O–H groups in total. The molecule has 0 heterocycles. The van der Waals surface area contributed by atoms with Gasteiger partial charge in [-0.2, -0.15) is 0 Å². The molecule has 112 valence electrons. The van der Waals surface area contributed by atoms with Crippen molar-refractivity contribution in [2.24, 2.45) is 0 Å². The quantitative estimate of drug-likeness (QED) is 0.643. The number of aldehydes is 1. The van der Waals surface area contributed by atoms with Crippen LogP contribution in [0.5, 0.6) is 0 Å². The lowest BCUT2D eigenvalue weighted by atomic mass is 10.0. The van der Waals surface area contributed by atoms with Gasteiger partial charge in [0, 0.05) is 5.25 Å². The predicted octanol–water partition coefficient (Wildman–Crippen LogP) is 3.73. The van der Waals surface area contributed by atoms with E-state index in [0.29, 0.717) is 11.7 Å². The minimum Gasteiger partial charge on any atom is -0.478 e. The molecule has 1 aliphatic rings. The Labute approximate surface area is 129 Å². The first-order valence-electron chi connectivity index (χ1n) is 7.15. The lowest BCUT2D eigenvalue weighted by Crippen LogP contribution is -2.28. The Kier molecular flexibility index (Phi) is 5.23. The van der Waals surface area contributed by atoms with Crippen molar-refractivity contribution in [1.82, 2.24) is 0 Å². The molecule has 3 nitrogen and oxygen atoms in total. The monoisotopic (exact) mass is 304 g/mol. The molecule has 0 saturated heterocycles. The van der Waals surface area contributed by atoms with Crippen LogP contribution in [0, 0.1) is 0 Å². The molecule has 0 radical (unpaired) electrons. The molecule has 0 fully saturated rings. The molecule has 0 saturated carbocycles. The molecule has 0 aliphatic heterocycles. The Balaban J connectivity index is 2.06. The Morgan fingerprint density at radius 3 is 2.67 bits per heavy atom. The number of carbonyl (C=O) groups excluding carboxylic acids is 1. The molecule has 2 rings (SSSR count). The second-order valence-electron chi connectivity index (χ2n) is 5.62. The number of carboxylic acid groups (broad SMARTS) is 1. The summed E-state index contributed by atoms with van der Waals surface area (Å²) in [6.45, 7) is 1.96. The van der Waals surface area contributed by atoms with Gasteiger partial charge >= 0.3 is 5.97 Å². The first kappa shape index (κ1) is 15.8. The van der Waals surface area contributed by atoms with Gasteiger partial charge in [-0.1, -0.05) is 24.3 Å². The van der Waals surface area contributed by atoms with Crippen LogP contribution in [0.1, 0.15) is 42.1 Å². The van der Waals surface area contributed by atoms with Gasteiger partial charge in [0.25, 0.3) is 0 Å². The molecular weight excluding hydrogens is 284 g/mol. The van der Waals surface area contributed by atoms with E-state index in [1.807, 2.05) is 6.92 Å². The normalized spacial score (nSPS) is 20.7. The zero-order chi connectivity index (χ0) is 15.3. The minimum absolute atomic E-state index is 0.273. The van der Waals surface area contributed by atoms with E-state index in [-0.39, 0.29) is 5.56 Å². The van der Waals surface area contributed by atoms with E-state index in [0.717, 1.165) is 24.7 Å². The van der Waals surface area contributed by atoms with Crippen molar-refractivity contribution in [1.29, 1.82) is 0 Å². The summed E-state index contributed by atoms with van der Waals surface area (Å²) in [5.74, 6) is -0.929. The van der Waals surface area contributed by atoms with Gasteiger partial charge in [-0.15, -0.1) is 11.8 Å². The lowest BCUT2D eigenvalue weighted by Gasteiger charge is -2.28. The summed E-state index contributed by atoms with van der Waals surface area (Å²) in [5.41, 5.74) is 1.26. The summed E-state index contributed by atoms with van der Waals surface area (Å²) in [6, 6.07) is 6.77. The highest BCUT2D eigenvalue weighted by Crippen LogP contribution is 2.35. The third-order valence-corrected chi connectivity index (χ3v) is 5.11. The molecule has 0 aromatic heterocycles. The van der Waals surface area contributed by atoms with E-state index in [1.165, 1.54) is 6.42 Å². The minimum atomic E-state index is -0.929. The van der Waals surface area contributed by atoms with Crippen molar-refractivity contribution in [3.05, 3.63) is 47.5 Å². The van der Waals surface area contributed by atoms with Crippen molar-refractivity contribution in [2.75, 3.05) is 0 Å². The molecule has 1 aliphatic carbocycles. The molecule has 21 heavy (non-hydrogen) atoms. The number of allylic oxidation sites excluding steroid dienone is 1. The Morgan fingerprint density at radius 1 is 1.43 bits per heavy atom. The highest BCUT2D eigenvalue weighted by Gasteiger charge is 2.28. The van der Waals surface area contributed by atoms with Gasteiger partial charge in [-0.3, -0.25) is 0 Å². The summed E-state index contributed by atoms with van der Waals surface area (Å²) in [4.78, 5) is 22.4. The van der Waals surface area contributed by atoms with E-state index < -0.39 is 10.7 Å². The van der Waals surface area contributed by atoms with Crippen LogP contribution in [0.2, 0.25) is 0 Å². The maximum Gasteiger partial charge on any atom is 0.335 e. The zero-order valence-electron chi connectivity index (χ0n) is 12.1. The van der Waals surface area contributed by atoms with Crippen molar-refractivity contribution in [2.45, 2.75) is 42.6 Å². The number of aromatic carboxylic acids is 1. The molecule has 2 atom stereocenters. The van der Waals surface area contributed by atoms with E-state index in [2.05, 4.69) is 12.2 Å². The average molecular weight is 304 g/mol. The predicted molar refractivity (Wildman–Crippen MR) is 85.9 cm³/mol. The van der Waals surface area contributed by atoms with Crippen molar-refractivity contribution in [3.63, 3.8) is 0 Å². The second kappa shape index (κ2) is 6.94. The zero-order valence-corrected chi connectivity index (χ0v) is 12.9. The van der Waals surface area contributed by atoms with Crippen LogP contribution in [0.15, 0.2) is 36.4 Å². The highest BCUT2D eigenvalue weighted by atomic mass is 32.2. The number of benzene rings is 1. The first-order valence-corrected chi connectivity index (χ1v) is 8.03. The summed E-state index contributed by atoms with van der Waals surface area (Å²) >= 11 is 1.70. The number of hydrogen-bond acceptors (Lipinski definition) is 3. The maximum atomic E-state index is 11.5. The van der Waals surface area contributed by atoms with Crippen LogP contribution in [-0.2, 0) is 11.2 Å². The van der Waals surface area contributed by atoms with Crippen molar-refractivity contribution >= 4 is 24.0 Å². The SMILES string of the molecule is CC(C=O)(Cc1ccc(C(=O)O)cc1)SC1C=CCCC1. The molecule has 4 heteroatoms. The molecule has 1 aromatic carbocycles. The summed E-state index contributed by atoms with van der Waals surface area (Å²) in [7, 11) is 0. The molecule has 0 amide bonds. The Morgan fingerprint density at radius 2 is 2.14 bits per heavy atom. The van der Waals surface area contributed by atoms with Crippen LogP contribution in [0.25, 0.3) is 0 Å². The van der Waals surface area contributed by atoms with Gasteiger partial charge in [-0.25, -0.2) is 4.79 Å². The van der Waals surface area contributed by atoms with Gasteiger partial charge in [0.1, 0.15) is 6.29 Å². The first-order chi connectivity index (χ1) is 10.0. The van der Waals surface area contributed by atoms with Crippen LogP contribution in [0.4, 0.5) is 0 Å². The summed E-state index contributed by atoms with van der Waals surface area (Å²) in [6.07, 6.45) is 9.44. The van der Waals surface area contributed by atoms with E-state index in [4.69, 9.17) is 5.11 Å². The number of carboxylic acids is 1. The fourth-order valence-electron chi connectivity index (χ4n) is 2.51. The van der Waals surface area contributed by atoms with Gasteiger partial charge in [-0.05, 0) is 50.3 Å². The van der Waals surface area contributed by atoms with Gasteiger partial charge < -0.3 is 9.90 Å². The fourth-order valence-corrected chi connectivity index (χ4v) is 3.98. The van der Waals surface area contributed by atoms with Crippen LogP contribution < -0.4 is 0 Å². The molecular formula is C17H20O3S. The van der Waals surface area contributed by atoms with Gasteiger partial charge in [0.2, 0.25) is 0 Å². The van der Waals surface area contributed by atoms with E-state index in [9.17, 15) is 9.59 Å². The van der Waals surface area contributed by atoms with Crippen LogP contribution in [-0.4, -0.2) is 27.4 Å². The third-order valence-electron chi connectivity index (χ3n) is 3.64.